The molecule has 0 saturated heterocycles. The second-order valence-corrected chi connectivity index (χ2v) is 8.04. The van der Waals surface area contributed by atoms with Crippen LogP contribution in [-0.2, 0) is 0 Å². The maximum atomic E-state index is 13.6. The highest BCUT2D eigenvalue weighted by atomic mass is 35.5. The lowest BCUT2D eigenvalue weighted by atomic mass is 10.1. The van der Waals surface area contributed by atoms with Gasteiger partial charge in [-0.15, -0.1) is 12.4 Å². The van der Waals surface area contributed by atoms with Crippen molar-refractivity contribution in [2.24, 2.45) is 0 Å². The minimum Gasteiger partial charge on any atom is -0.355 e. The Kier molecular flexibility index (Phi) is 7.95. The van der Waals surface area contributed by atoms with Crippen molar-refractivity contribution < 1.29 is 13.7 Å². The van der Waals surface area contributed by atoms with Gasteiger partial charge in [0.05, 0.1) is 10.2 Å². The van der Waals surface area contributed by atoms with E-state index in [4.69, 9.17) is 4.52 Å². The van der Waals surface area contributed by atoms with Crippen molar-refractivity contribution in [1.29, 1.82) is 0 Å². The number of nitrogens with zero attached hydrogens (tertiary/aromatic N) is 4. The molecule has 2 aromatic heterocycles. The molecule has 0 aliphatic heterocycles. The predicted molar refractivity (Wildman–Crippen MR) is 128 cm³/mol. The van der Waals surface area contributed by atoms with Crippen LogP contribution in [0.3, 0.4) is 0 Å². The van der Waals surface area contributed by atoms with Gasteiger partial charge in [-0.05, 0) is 31.3 Å². The summed E-state index contributed by atoms with van der Waals surface area (Å²) in [4.78, 5) is 21.8. The van der Waals surface area contributed by atoms with E-state index in [2.05, 4.69) is 28.9 Å². The van der Waals surface area contributed by atoms with Gasteiger partial charge in [-0.1, -0.05) is 60.7 Å². The monoisotopic (exact) mass is 474 g/mol. The topological polar surface area (TPSA) is 62.5 Å². The maximum Gasteiger partial charge on any atom is 0.282 e. The summed E-state index contributed by atoms with van der Waals surface area (Å²) in [6, 6.07) is 15.6. The molecule has 0 spiro atoms. The molecule has 2 heterocycles. The number of benzene rings is 2. The third-order valence-corrected chi connectivity index (χ3v) is 6.18. The van der Waals surface area contributed by atoms with Crippen LogP contribution in [0, 0.1) is 5.82 Å². The fourth-order valence-electron chi connectivity index (χ4n) is 3.32. The molecule has 4 rings (SSSR count). The molecular formula is C23H24ClFN4O2S. The number of amides is 1. The summed E-state index contributed by atoms with van der Waals surface area (Å²) in [5.74, 6) is -0.0932. The van der Waals surface area contributed by atoms with E-state index in [0.717, 1.165) is 18.7 Å². The number of hydrogen-bond acceptors (Lipinski definition) is 6. The van der Waals surface area contributed by atoms with Crippen LogP contribution in [0.5, 0.6) is 0 Å². The average molecular weight is 475 g/mol. The summed E-state index contributed by atoms with van der Waals surface area (Å²) >= 11 is 1.29. The van der Waals surface area contributed by atoms with Crippen molar-refractivity contribution in [1.82, 2.24) is 15.0 Å². The van der Waals surface area contributed by atoms with Crippen molar-refractivity contribution in [2.45, 2.75) is 13.8 Å². The number of anilines is 1. The molecule has 0 aliphatic carbocycles. The van der Waals surface area contributed by atoms with Gasteiger partial charge in [0.1, 0.15) is 5.82 Å². The van der Waals surface area contributed by atoms with Crippen LogP contribution in [0.2, 0.25) is 0 Å². The number of carbonyl (C=O) groups excluding carboxylic acids is 1. The number of hydrogen-bond donors (Lipinski definition) is 0. The maximum absolute atomic E-state index is 13.6. The van der Waals surface area contributed by atoms with Gasteiger partial charge in [0.15, 0.2) is 16.6 Å². The third kappa shape index (κ3) is 5.15. The molecule has 0 bridgehead atoms. The van der Waals surface area contributed by atoms with E-state index >= 15 is 0 Å². The molecule has 0 N–H and O–H groups in total. The molecule has 0 saturated carbocycles. The molecule has 2 aromatic carbocycles. The Morgan fingerprint density at radius 3 is 2.53 bits per heavy atom. The molecule has 0 unspecified atom stereocenters. The Bertz CT molecular complexity index is 1180. The minimum atomic E-state index is -0.326. The molecule has 0 aliphatic rings. The van der Waals surface area contributed by atoms with Crippen LogP contribution in [0.25, 0.3) is 21.5 Å². The third-order valence-electron chi connectivity index (χ3n) is 5.14. The zero-order valence-electron chi connectivity index (χ0n) is 17.8. The first kappa shape index (κ1) is 23.8. The smallest absolute Gasteiger partial charge is 0.282 e. The van der Waals surface area contributed by atoms with E-state index in [9.17, 15) is 9.18 Å². The van der Waals surface area contributed by atoms with Gasteiger partial charge in [-0.2, -0.15) is 0 Å². The molecular weight excluding hydrogens is 451 g/mol. The minimum absolute atomic E-state index is 0. The standard InChI is InChI=1S/C23H23FN4O2S.ClH/c1-3-27(4-2)12-13-28(23-25-18-11-10-17(24)14-21(18)31-23)22(29)19-15-20(30-26-19)16-8-6-5-7-9-16;/h5-11,14-15H,3-4,12-13H2,1-2H3;1H. The molecule has 0 fully saturated rings. The van der Waals surface area contributed by atoms with Gasteiger partial charge in [0, 0.05) is 24.7 Å². The Balaban J connectivity index is 0.00000289. The molecule has 9 heteroatoms. The number of rotatable bonds is 8. The van der Waals surface area contributed by atoms with Crippen molar-refractivity contribution >= 4 is 45.0 Å². The van der Waals surface area contributed by atoms with E-state index in [1.54, 1.807) is 17.0 Å². The fraction of sp³-hybridized carbons (Fsp3) is 0.261. The first-order chi connectivity index (χ1) is 15.1. The molecule has 168 valence electrons. The Morgan fingerprint density at radius 2 is 1.81 bits per heavy atom. The lowest BCUT2D eigenvalue weighted by Crippen LogP contribution is -2.39. The van der Waals surface area contributed by atoms with Crippen LogP contribution in [0.4, 0.5) is 9.52 Å². The van der Waals surface area contributed by atoms with E-state index in [1.165, 1.54) is 23.5 Å². The van der Waals surface area contributed by atoms with Crippen molar-refractivity contribution in [3.05, 3.63) is 66.1 Å². The van der Waals surface area contributed by atoms with Gasteiger partial charge in [-0.3, -0.25) is 9.69 Å². The summed E-state index contributed by atoms with van der Waals surface area (Å²) < 4.78 is 19.8. The number of carbonyl (C=O) groups is 1. The Morgan fingerprint density at radius 1 is 1.06 bits per heavy atom. The molecule has 32 heavy (non-hydrogen) atoms. The van der Waals surface area contributed by atoms with Crippen LogP contribution in [-0.4, -0.2) is 47.1 Å². The zero-order chi connectivity index (χ0) is 21.8. The van der Waals surface area contributed by atoms with Crippen LogP contribution < -0.4 is 4.90 Å². The average Bonchev–Trinajstić information content (AvgIpc) is 3.44. The number of thiazole rings is 1. The molecule has 1 amide bonds. The van der Waals surface area contributed by atoms with Gasteiger partial charge in [0.2, 0.25) is 0 Å². The summed E-state index contributed by atoms with van der Waals surface area (Å²) in [5.41, 5.74) is 1.72. The number of fused-ring (bicyclic) bond motifs is 1. The second kappa shape index (κ2) is 10.7. The van der Waals surface area contributed by atoms with E-state index < -0.39 is 0 Å². The highest BCUT2D eigenvalue weighted by molar-refractivity contribution is 7.22. The molecule has 4 aromatic rings. The highest BCUT2D eigenvalue weighted by Crippen LogP contribution is 2.30. The van der Waals surface area contributed by atoms with E-state index in [-0.39, 0.29) is 29.8 Å². The zero-order valence-corrected chi connectivity index (χ0v) is 19.5. The second-order valence-electron chi connectivity index (χ2n) is 7.03. The lowest BCUT2D eigenvalue weighted by Gasteiger charge is -2.24. The first-order valence-electron chi connectivity index (χ1n) is 10.2. The van der Waals surface area contributed by atoms with Crippen LogP contribution >= 0.6 is 23.7 Å². The Hall–Kier alpha value is -2.81. The summed E-state index contributed by atoms with van der Waals surface area (Å²) in [7, 11) is 0. The van der Waals surface area contributed by atoms with Gasteiger partial charge in [0.25, 0.3) is 5.91 Å². The Labute approximate surface area is 196 Å². The van der Waals surface area contributed by atoms with E-state index in [1.807, 2.05) is 30.3 Å². The van der Waals surface area contributed by atoms with Crippen LogP contribution in [0.15, 0.2) is 59.1 Å². The SMILES string of the molecule is CCN(CC)CCN(C(=O)c1cc(-c2ccccc2)on1)c1nc2ccc(F)cc2s1.Cl. The number of halogens is 2. The molecule has 0 atom stereocenters. The number of aromatic nitrogens is 2. The predicted octanol–water partition coefficient (Wildman–Crippen LogP) is 5.50. The summed E-state index contributed by atoms with van der Waals surface area (Å²) in [6.07, 6.45) is 0. The van der Waals surface area contributed by atoms with Gasteiger partial charge >= 0.3 is 0 Å². The lowest BCUT2D eigenvalue weighted by molar-refractivity contribution is 0.0975. The van der Waals surface area contributed by atoms with Gasteiger partial charge in [-0.25, -0.2) is 9.37 Å². The van der Waals surface area contributed by atoms with Crippen molar-refractivity contribution in [3.63, 3.8) is 0 Å². The van der Waals surface area contributed by atoms with Crippen molar-refractivity contribution in [3.8, 4) is 11.3 Å². The quantitative estimate of drug-likeness (QED) is 0.337. The molecule has 0 radical (unpaired) electrons. The number of likely N-dealkylation sites (N-methyl/N-ethyl adjacent to an activating group) is 1. The summed E-state index contributed by atoms with van der Waals surface area (Å²) in [6.45, 7) is 7.06. The fourth-order valence-corrected chi connectivity index (χ4v) is 4.33. The van der Waals surface area contributed by atoms with Crippen molar-refractivity contribution in [2.75, 3.05) is 31.1 Å². The highest BCUT2D eigenvalue weighted by Gasteiger charge is 2.25. The van der Waals surface area contributed by atoms with E-state index in [0.29, 0.717) is 34.2 Å². The largest absolute Gasteiger partial charge is 0.355 e. The first-order valence-corrected chi connectivity index (χ1v) is 11.0. The van der Waals surface area contributed by atoms with Gasteiger partial charge < -0.3 is 9.42 Å². The molecule has 6 nitrogen and oxygen atoms in total. The summed E-state index contributed by atoms with van der Waals surface area (Å²) in [5, 5.41) is 4.53. The van der Waals surface area contributed by atoms with Crippen LogP contribution in [0.1, 0.15) is 24.3 Å². The normalized spacial score (nSPS) is 11.0.